The molecule has 3 heteroatoms. The first-order valence-corrected chi connectivity index (χ1v) is 7.74. The maximum absolute atomic E-state index is 13.3. The van der Waals surface area contributed by atoms with Crippen molar-refractivity contribution in [1.82, 2.24) is 5.32 Å². The number of benzene rings is 1. The molecule has 1 aromatic carbocycles. The van der Waals surface area contributed by atoms with Crippen LogP contribution < -0.4 is 5.32 Å². The van der Waals surface area contributed by atoms with Gasteiger partial charge in [0.15, 0.2) is 0 Å². The van der Waals surface area contributed by atoms with Gasteiger partial charge in [-0.25, -0.2) is 4.39 Å². The molecule has 114 valence electrons. The number of hydrogen-bond acceptors (Lipinski definition) is 2. The molecule has 0 saturated heterocycles. The number of nitrogens with one attached hydrogen (secondary N) is 1. The van der Waals surface area contributed by atoms with Crippen LogP contribution in [0.25, 0.3) is 0 Å². The average molecular weight is 281 g/mol. The zero-order valence-electron chi connectivity index (χ0n) is 13.0. The second kappa shape index (κ2) is 9.89. The summed E-state index contributed by atoms with van der Waals surface area (Å²) in [6.07, 6.45) is 4.67. The van der Waals surface area contributed by atoms with E-state index in [1.807, 2.05) is 6.07 Å². The van der Waals surface area contributed by atoms with Crippen LogP contribution in [0.15, 0.2) is 24.3 Å². The molecule has 0 bridgehead atoms. The van der Waals surface area contributed by atoms with E-state index >= 15 is 0 Å². The van der Waals surface area contributed by atoms with E-state index in [-0.39, 0.29) is 11.9 Å². The van der Waals surface area contributed by atoms with Crippen LogP contribution in [0, 0.1) is 5.82 Å². The second-order valence-electron chi connectivity index (χ2n) is 5.54. The summed E-state index contributed by atoms with van der Waals surface area (Å²) in [6.45, 7) is 7.85. The summed E-state index contributed by atoms with van der Waals surface area (Å²) in [4.78, 5) is 0. The first kappa shape index (κ1) is 17.1. The lowest BCUT2D eigenvalue weighted by Crippen LogP contribution is -2.29. The Morgan fingerprint density at radius 3 is 2.65 bits per heavy atom. The van der Waals surface area contributed by atoms with Crippen molar-refractivity contribution in [2.75, 3.05) is 13.2 Å². The van der Waals surface area contributed by atoms with Crippen molar-refractivity contribution in [2.24, 2.45) is 0 Å². The normalized spacial score (nSPS) is 12.8. The standard InChI is InChI=1S/C17H28FNO/c1-4-5-6-7-11-20-17(13-19-14(2)3)15-9-8-10-16(18)12-15/h8-10,12,14,17,19H,4-7,11,13H2,1-3H3. The topological polar surface area (TPSA) is 21.3 Å². The zero-order valence-corrected chi connectivity index (χ0v) is 13.0. The van der Waals surface area contributed by atoms with Crippen molar-refractivity contribution in [3.63, 3.8) is 0 Å². The highest BCUT2D eigenvalue weighted by atomic mass is 19.1. The number of ether oxygens (including phenoxy) is 1. The van der Waals surface area contributed by atoms with Crippen LogP contribution in [0.2, 0.25) is 0 Å². The number of rotatable bonds is 10. The maximum atomic E-state index is 13.3. The third-order valence-corrected chi connectivity index (χ3v) is 3.25. The highest BCUT2D eigenvalue weighted by Gasteiger charge is 2.13. The van der Waals surface area contributed by atoms with Crippen molar-refractivity contribution >= 4 is 0 Å². The molecule has 1 unspecified atom stereocenters. The molecular weight excluding hydrogens is 253 g/mol. The minimum atomic E-state index is -0.202. The fourth-order valence-corrected chi connectivity index (χ4v) is 2.08. The lowest BCUT2D eigenvalue weighted by Gasteiger charge is -2.20. The molecule has 0 spiro atoms. The lowest BCUT2D eigenvalue weighted by molar-refractivity contribution is 0.0484. The van der Waals surface area contributed by atoms with E-state index in [1.165, 1.54) is 25.3 Å². The molecule has 0 radical (unpaired) electrons. The Bertz CT molecular complexity index is 368. The first-order valence-electron chi connectivity index (χ1n) is 7.74. The van der Waals surface area contributed by atoms with Crippen molar-refractivity contribution < 1.29 is 9.13 Å². The Hall–Kier alpha value is -0.930. The molecule has 0 aliphatic rings. The van der Waals surface area contributed by atoms with Crippen LogP contribution in [0.3, 0.4) is 0 Å². The SMILES string of the molecule is CCCCCCOC(CNC(C)C)c1cccc(F)c1. The molecule has 0 saturated carbocycles. The summed E-state index contributed by atoms with van der Waals surface area (Å²) < 4.78 is 19.3. The van der Waals surface area contributed by atoms with Gasteiger partial charge in [0.25, 0.3) is 0 Å². The van der Waals surface area contributed by atoms with Crippen LogP contribution in [0.4, 0.5) is 4.39 Å². The Balaban J connectivity index is 2.51. The summed E-state index contributed by atoms with van der Waals surface area (Å²) in [6, 6.07) is 7.11. The van der Waals surface area contributed by atoms with Crippen LogP contribution in [0.1, 0.15) is 58.1 Å². The predicted octanol–water partition coefficient (Wildman–Crippen LogP) is 4.46. The summed E-state index contributed by atoms with van der Waals surface area (Å²) in [5, 5.41) is 3.37. The first-order chi connectivity index (χ1) is 9.63. The largest absolute Gasteiger partial charge is 0.372 e. The number of hydrogen-bond donors (Lipinski definition) is 1. The van der Waals surface area contributed by atoms with Gasteiger partial charge in [0.2, 0.25) is 0 Å². The third-order valence-electron chi connectivity index (χ3n) is 3.25. The summed E-state index contributed by atoms with van der Waals surface area (Å²) in [5.41, 5.74) is 0.911. The molecule has 1 aromatic rings. The van der Waals surface area contributed by atoms with Gasteiger partial charge in [-0.05, 0) is 24.1 Å². The van der Waals surface area contributed by atoms with E-state index < -0.39 is 0 Å². The lowest BCUT2D eigenvalue weighted by atomic mass is 10.1. The number of halogens is 1. The van der Waals surface area contributed by atoms with Crippen molar-refractivity contribution in [1.29, 1.82) is 0 Å². The summed E-state index contributed by atoms with van der Waals surface area (Å²) in [5.74, 6) is -0.202. The fourth-order valence-electron chi connectivity index (χ4n) is 2.08. The van der Waals surface area contributed by atoms with Gasteiger partial charge in [-0.3, -0.25) is 0 Å². The highest BCUT2D eigenvalue weighted by Crippen LogP contribution is 2.18. The van der Waals surface area contributed by atoms with Crippen molar-refractivity contribution in [3.05, 3.63) is 35.6 Å². The summed E-state index contributed by atoms with van der Waals surface area (Å²) in [7, 11) is 0. The van der Waals surface area contributed by atoms with Crippen molar-refractivity contribution in [2.45, 2.75) is 58.6 Å². The molecular formula is C17H28FNO. The number of unbranched alkanes of at least 4 members (excludes halogenated alkanes) is 3. The Morgan fingerprint density at radius 2 is 2.00 bits per heavy atom. The van der Waals surface area contributed by atoms with E-state index in [4.69, 9.17) is 4.74 Å². The van der Waals surface area contributed by atoms with Gasteiger partial charge >= 0.3 is 0 Å². The fraction of sp³-hybridized carbons (Fsp3) is 0.647. The predicted molar refractivity (Wildman–Crippen MR) is 82.4 cm³/mol. The molecule has 1 rings (SSSR count). The molecule has 0 aliphatic carbocycles. The van der Waals surface area contributed by atoms with Gasteiger partial charge in [-0.2, -0.15) is 0 Å². The Morgan fingerprint density at radius 1 is 1.20 bits per heavy atom. The molecule has 2 nitrogen and oxygen atoms in total. The smallest absolute Gasteiger partial charge is 0.123 e. The van der Waals surface area contributed by atoms with Crippen LogP contribution in [0.5, 0.6) is 0 Å². The second-order valence-corrected chi connectivity index (χ2v) is 5.54. The Labute approximate surface area is 122 Å². The van der Waals surface area contributed by atoms with Gasteiger partial charge in [0.1, 0.15) is 5.82 Å². The zero-order chi connectivity index (χ0) is 14.8. The van der Waals surface area contributed by atoms with Gasteiger partial charge in [0.05, 0.1) is 6.10 Å². The van der Waals surface area contributed by atoms with Crippen LogP contribution in [-0.4, -0.2) is 19.2 Å². The molecule has 1 atom stereocenters. The average Bonchev–Trinajstić information content (AvgIpc) is 2.41. The van der Waals surface area contributed by atoms with Crippen LogP contribution >= 0.6 is 0 Å². The third kappa shape index (κ3) is 7.01. The van der Waals surface area contributed by atoms with Gasteiger partial charge < -0.3 is 10.1 Å². The molecule has 0 aliphatic heterocycles. The molecule has 1 N–H and O–H groups in total. The Kier molecular flexibility index (Phi) is 8.47. The van der Waals surface area contributed by atoms with E-state index in [1.54, 1.807) is 12.1 Å². The van der Waals surface area contributed by atoms with E-state index in [0.717, 1.165) is 25.1 Å². The molecule has 20 heavy (non-hydrogen) atoms. The van der Waals surface area contributed by atoms with Gasteiger partial charge in [0, 0.05) is 19.2 Å². The quantitative estimate of drug-likeness (QED) is 0.639. The molecule has 0 heterocycles. The van der Waals surface area contributed by atoms with E-state index in [2.05, 4.69) is 26.1 Å². The monoisotopic (exact) mass is 281 g/mol. The van der Waals surface area contributed by atoms with E-state index in [0.29, 0.717) is 6.04 Å². The minimum Gasteiger partial charge on any atom is -0.372 e. The minimum absolute atomic E-state index is 0.0743. The van der Waals surface area contributed by atoms with Crippen LogP contribution in [-0.2, 0) is 4.74 Å². The highest BCUT2D eigenvalue weighted by molar-refractivity contribution is 5.19. The van der Waals surface area contributed by atoms with Crippen molar-refractivity contribution in [3.8, 4) is 0 Å². The van der Waals surface area contributed by atoms with E-state index in [9.17, 15) is 4.39 Å². The maximum Gasteiger partial charge on any atom is 0.123 e. The van der Waals surface area contributed by atoms with Gasteiger partial charge in [-0.1, -0.05) is 52.2 Å². The molecule has 0 aromatic heterocycles. The van der Waals surface area contributed by atoms with Gasteiger partial charge in [-0.15, -0.1) is 0 Å². The molecule has 0 amide bonds. The molecule has 0 fully saturated rings. The summed E-state index contributed by atoms with van der Waals surface area (Å²) >= 11 is 0.